The first kappa shape index (κ1) is 16.7. The number of rotatable bonds is 9. The second-order valence-corrected chi connectivity index (χ2v) is 8.43. The van der Waals surface area contributed by atoms with Crippen LogP contribution >= 0.6 is 0 Å². The lowest BCUT2D eigenvalue weighted by molar-refractivity contribution is -0.385. The Balaban J connectivity index is 2.55. The number of hydrogen-bond acceptors (Lipinski definition) is 4. The molecule has 20 heavy (non-hydrogen) atoms. The number of nitrogens with zero attached hydrogens (tertiary/aromatic N) is 1. The van der Waals surface area contributed by atoms with Crippen molar-refractivity contribution in [1.82, 2.24) is 0 Å². The van der Waals surface area contributed by atoms with Gasteiger partial charge in [-0.1, -0.05) is 38.3 Å². The molecule has 0 radical (unpaired) electrons. The third-order valence-corrected chi connectivity index (χ3v) is 4.48. The normalized spacial score (nSPS) is 11.3. The molecule has 0 bridgehead atoms. The summed E-state index contributed by atoms with van der Waals surface area (Å²) < 4.78 is 11.6. The van der Waals surface area contributed by atoms with Crippen molar-refractivity contribution in [1.29, 1.82) is 0 Å². The molecule has 0 fully saturated rings. The van der Waals surface area contributed by atoms with Crippen molar-refractivity contribution < 1.29 is 13.8 Å². The Bertz CT molecular complexity index is 437. The fourth-order valence-corrected chi connectivity index (χ4v) is 3.23. The highest BCUT2D eigenvalue weighted by Crippen LogP contribution is 2.28. The number of unbranched alkanes of at least 4 members (excludes halogenated alkanes) is 3. The van der Waals surface area contributed by atoms with Crippen molar-refractivity contribution >= 4 is 14.2 Å². The van der Waals surface area contributed by atoms with Crippen LogP contribution in [0.5, 0.6) is 5.75 Å². The monoisotopic (exact) mass is 297 g/mol. The van der Waals surface area contributed by atoms with Gasteiger partial charge < -0.3 is 8.85 Å². The molecule has 0 aliphatic rings. The largest absolute Gasteiger partial charge is 0.515 e. The van der Waals surface area contributed by atoms with Gasteiger partial charge in [0.05, 0.1) is 4.92 Å². The fourth-order valence-electron chi connectivity index (χ4n) is 1.84. The molecule has 6 heteroatoms. The molecule has 1 rings (SSSR count). The van der Waals surface area contributed by atoms with Crippen molar-refractivity contribution in [2.45, 2.75) is 45.7 Å². The second kappa shape index (κ2) is 8.01. The SMILES string of the molecule is CCCCCCO[Si](C)(C)Oc1ccccc1[N+](=O)[O-]. The topological polar surface area (TPSA) is 61.6 Å². The predicted octanol–water partition coefficient (Wildman–Crippen LogP) is 4.27. The molecule has 0 aromatic heterocycles. The zero-order valence-electron chi connectivity index (χ0n) is 12.4. The van der Waals surface area contributed by atoms with Gasteiger partial charge in [-0.15, -0.1) is 0 Å². The smallest absolute Gasteiger partial charge is 0.392 e. The van der Waals surface area contributed by atoms with Crippen LogP contribution in [0.25, 0.3) is 0 Å². The van der Waals surface area contributed by atoms with Gasteiger partial charge in [0, 0.05) is 12.7 Å². The minimum Gasteiger partial charge on any atom is -0.515 e. The van der Waals surface area contributed by atoms with E-state index in [1.807, 2.05) is 13.1 Å². The molecule has 0 saturated carbocycles. The minimum absolute atomic E-state index is 0.0114. The van der Waals surface area contributed by atoms with Gasteiger partial charge in [0.1, 0.15) is 0 Å². The van der Waals surface area contributed by atoms with Crippen molar-refractivity contribution in [2.75, 3.05) is 6.61 Å². The molecular formula is C14H23NO4Si. The molecule has 0 heterocycles. The molecule has 0 N–H and O–H groups in total. The molecule has 0 aliphatic heterocycles. The molecular weight excluding hydrogens is 274 g/mol. The predicted molar refractivity (Wildman–Crippen MR) is 81.3 cm³/mol. The van der Waals surface area contributed by atoms with Gasteiger partial charge >= 0.3 is 14.2 Å². The van der Waals surface area contributed by atoms with Crippen LogP contribution in [0.2, 0.25) is 13.1 Å². The molecule has 1 aromatic rings. The molecule has 112 valence electrons. The van der Waals surface area contributed by atoms with Crippen LogP contribution in [0.1, 0.15) is 32.6 Å². The van der Waals surface area contributed by atoms with Gasteiger partial charge in [-0.3, -0.25) is 10.1 Å². The molecule has 0 unspecified atom stereocenters. The molecule has 0 spiro atoms. The van der Waals surface area contributed by atoms with Crippen LogP contribution in [-0.4, -0.2) is 20.1 Å². The van der Waals surface area contributed by atoms with E-state index in [9.17, 15) is 10.1 Å². The Morgan fingerprint density at radius 3 is 2.55 bits per heavy atom. The number of hydrogen-bond donors (Lipinski definition) is 0. The molecule has 1 aromatic carbocycles. The van der Waals surface area contributed by atoms with Crippen LogP contribution in [0.3, 0.4) is 0 Å². The lowest BCUT2D eigenvalue weighted by Gasteiger charge is -2.23. The van der Waals surface area contributed by atoms with Gasteiger partial charge in [-0.2, -0.15) is 0 Å². The fraction of sp³-hybridized carbons (Fsp3) is 0.571. The zero-order chi connectivity index (χ0) is 15.0. The maximum atomic E-state index is 10.9. The van der Waals surface area contributed by atoms with Gasteiger partial charge in [0.25, 0.3) is 0 Å². The third-order valence-electron chi connectivity index (χ3n) is 2.87. The van der Waals surface area contributed by atoms with E-state index in [4.69, 9.17) is 8.85 Å². The lowest BCUT2D eigenvalue weighted by atomic mass is 10.2. The summed E-state index contributed by atoms with van der Waals surface area (Å²) in [7, 11) is -2.39. The molecule has 0 aliphatic carbocycles. The molecule has 0 amide bonds. The first-order chi connectivity index (χ1) is 9.46. The highest BCUT2D eigenvalue weighted by atomic mass is 28.4. The van der Waals surface area contributed by atoms with E-state index in [-0.39, 0.29) is 5.69 Å². The van der Waals surface area contributed by atoms with Gasteiger partial charge in [-0.05, 0) is 25.6 Å². The number of nitro benzene ring substituents is 1. The standard InChI is InChI=1S/C14H23NO4Si/c1-4-5-6-9-12-18-20(2,3)19-14-11-8-7-10-13(14)15(16)17/h7-8,10-11H,4-6,9,12H2,1-3H3. The van der Waals surface area contributed by atoms with Crippen LogP contribution in [0, 0.1) is 10.1 Å². The Morgan fingerprint density at radius 1 is 1.20 bits per heavy atom. The summed E-state index contributed by atoms with van der Waals surface area (Å²) in [4.78, 5) is 10.5. The van der Waals surface area contributed by atoms with E-state index in [2.05, 4.69) is 6.92 Å². The maximum Gasteiger partial charge on any atom is 0.392 e. The molecule has 5 nitrogen and oxygen atoms in total. The van der Waals surface area contributed by atoms with E-state index >= 15 is 0 Å². The summed E-state index contributed by atoms with van der Waals surface area (Å²) in [5.74, 6) is 0.294. The van der Waals surface area contributed by atoms with E-state index in [0.717, 1.165) is 12.8 Å². The van der Waals surface area contributed by atoms with Crippen LogP contribution in [0.15, 0.2) is 24.3 Å². The van der Waals surface area contributed by atoms with Crippen molar-refractivity contribution in [3.8, 4) is 5.75 Å². The first-order valence-electron chi connectivity index (χ1n) is 7.02. The summed E-state index contributed by atoms with van der Waals surface area (Å²) in [5.41, 5.74) is -0.0114. The highest BCUT2D eigenvalue weighted by molar-refractivity contribution is 6.65. The molecule has 0 saturated heterocycles. The van der Waals surface area contributed by atoms with Crippen molar-refractivity contribution in [3.63, 3.8) is 0 Å². The highest BCUT2D eigenvalue weighted by Gasteiger charge is 2.29. The Morgan fingerprint density at radius 2 is 1.90 bits per heavy atom. The number of nitro groups is 1. The third kappa shape index (κ3) is 5.71. The summed E-state index contributed by atoms with van der Waals surface area (Å²) in [6.07, 6.45) is 4.54. The summed E-state index contributed by atoms with van der Waals surface area (Å²) in [6.45, 7) is 6.63. The Labute approximate surface area is 121 Å². The van der Waals surface area contributed by atoms with Crippen molar-refractivity contribution in [2.24, 2.45) is 0 Å². The van der Waals surface area contributed by atoms with Crippen LogP contribution < -0.4 is 4.43 Å². The number of benzene rings is 1. The summed E-state index contributed by atoms with van der Waals surface area (Å²) >= 11 is 0. The van der Waals surface area contributed by atoms with Gasteiger partial charge in [0.2, 0.25) is 0 Å². The van der Waals surface area contributed by atoms with Gasteiger partial charge in [0.15, 0.2) is 5.75 Å². The zero-order valence-corrected chi connectivity index (χ0v) is 13.4. The van der Waals surface area contributed by atoms with E-state index < -0.39 is 13.5 Å². The van der Waals surface area contributed by atoms with E-state index in [0.29, 0.717) is 12.4 Å². The Hall–Kier alpha value is -1.40. The average molecular weight is 297 g/mol. The van der Waals surface area contributed by atoms with Gasteiger partial charge in [-0.25, -0.2) is 0 Å². The van der Waals surface area contributed by atoms with Crippen LogP contribution in [-0.2, 0) is 4.43 Å². The van der Waals surface area contributed by atoms with E-state index in [1.54, 1.807) is 18.2 Å². The minimum atomic E-state index is -2.39. The average Bonchev–Trinajstić information content (AvgIpc) is 2.38. The quantitative estimate of drug-likeness (QED) is 0.295. The van der Waals surface area contributed by atoms with Crippen LogP contribution in [0.4, 0.5) is 5.69 Å². The summed E-state index contributed by atoms with van der Waals surface area (Å²) in [5, 5.41) is 10.9. The van der Waals surface area contributed by atoms with Crippen molar-refractivity contribution in [3.05, 3.63) is 34.4 Å². The number of para-hydroxylation sites is 2. The summed E-state index contributed by atoms with van der Waals surface area (Å²) in [6, 6.07) is 6.42. The maximum absolute atomic E-state index is 10.9. The lowest BCUT2D eigenvalue weighted by Crippen LogP contribution is -2.38. The Kier molecular flexibility index (Phi) is 6.67. The second-order valence-electron chi connectivity index (χ2n) is 5.14. The van der Waals surface area contributed by atoms with E-state index in [1.165, 1.54) is 18.9 Å². The molecule has 0 atom stereocenters. The first-order valence-corrected chi connectivity index (χ1v) is 9.84.